The summed E-state index contributed by atoms with van der Waals surface area (Å²) < 4.78 is 2.15. The number of rotatable bonds is 5. The monoisotopic (exact) mass is 328 g/mol. The second-order valence-corrected chi connectivity index (χ2v) is 6.45. The van der Waals surface area contributed by atoms with Crippen LogP contribution in [0.25, 0.3) is 0 Å². The number of carbonyl (C=O) groups excluding carboxylic acids is 1. The molecular weight excluding hydrogens is 304 g/mol. The Morgan fingerprint density at radius 1 is 1.38 bits per heavy atom. The smallest absolute Gasteiger partial charge is 0.225 e. The van der Waals surface area contributed by atoms with Crippen LogP contribution in [0.3, 0.4) is 0 Å². The van der Waals surface area contributed by atoms with Crippen LogP contribution in [0.2, 0.25) is 0 Å². The summed E-state index contributed by atoms with van der Waals surface area (Å²) in [4.78, 5) is 16.5. The third kappa shape index (κ3) is 3.79. The van der Waals surface area contributed by atoms with Crippen molar-refractivity contribution in [1.82, 2.24) is 30.4 Å². The van der Waals surface area contributed by atoms with E-state index < -0.39 is 0 Å². The van der Waals surface area contributed by atoms with E-state index in [4.69, 9.17) is 0 Å². The molecule has 1 aliphatic heterocycles. The lowest BCUT2D eigenvalue weighted by molar-refractivity contribution is -0.121. The first-order chi connectivity index (χ1) is 11.6. The molecule has 128 valence electrons. The quantitative estimate of drug-likeness (QED) is 0.851. The van der Waals surface area contributed by atoms with Gasteiger partial charge >= 0.3 is 0 Å². The number of carbonyl (C=O) groups is 1. The SMILES string of the molecule is CC(C)C(NC(=O)Cc1cccnc1)c1nnc2n1CCNCC2. The Bertz CT molecular complexity index is 682. The lowest BCUT2D eigenvalue weighted by Gasteiger charge is -2.22. The largest absolute Gasteiger partial charge is 0.346 e. The van der Waals surface area contributed by atoms with E-state index in [1.165, 1.54) is 0 Å². The second kappa shape index (κ2) is 7.53. The molecule has 3 heterocycles. The van der Waals surface area contributed by atoms with Gasteiger partial charge in [-0.3, -0.25) is 9.78 Å². The number of aromatic nitrogens is 4. The van der Waals surface area contributed by atoms with Crippen molar-refractivity contribution in [2.24, 2.45) is 5.92 Å². The van der Waals surface area contributed by atoms with E-state index in [1.54, 1.807) is 12.4 Å². The lowest BCUT2D eigenvalue weighted by Crippen LogP contribution is -2.35. The summed E-state index contributed by atoms with van der Waals surface area (Å²) in [7, 11) is 0. The predicted molar refractivity (Wildman–Crippen MR) is 90.3 cm³/mol. The van der Waals surface area contributed by atoms with Gasteiger partial charge in [-0.1, -0.05) is 19.9 Å². The van der Waals surface area contributed by atoms with Crippen LogP contribution in [0.1, 0.15) is 37.1 Å². The maximum Gasteiger partial charge on any atom is 0.225 e. The van der Waals surface area contributed by atoms with Crippen LogP contribution in [0.5, 0.6) is 0 Å². The molecule has 1 atom stereocenters. The van der Waals surface area contributed by atoms with Gasteiger partial charge in [0.05, 0.1) is 12.5 Å². The van der Waals surface area contributed by atoms with E-state index in [9.17, 15) is 4.79 Å². The van der Waals surface area contributed by atoms with Crippen molar-refractivity contribution in [1.29, 1.82) is 0 Å². The van der Waals surface area contributed by atoms with E-state index >= 15 is 0 Å². The second-order valence-electron chi connectivity index (χ2n) is 6.45. The molecule has 2 aromatic heterocycles. The first-order valence-electron chi connectivity index (χ1n) is 8.46. The lowest BCUT2D eigenvalue weighted by atomic mass is 10.0. The van der Waals surface area contributed by atoms with Gasteiger partial charge in [-0.15, -0.1) is 10.2 Å². The molecular formula is C17H24N6O. The molecule has 2 aromatic rings. The highest BCUT2D eigenvalue weighted by Gasteiger charge is 2.26. The van der Waals surface area contributed by atoms with Crippen molar-refractivity contribution >= 4 is 5.91 Å². The Kier molecular flexibility index (Phi) is 5.20. The third-order valence-corrected chi connectivity index (χ3v) is 4.24. The minimum atomic E-state index is -0.145. The molecule has 0 saturated carbocycles. The highest BCUT2D eigenvalue weighted by Crippen LogP contribution is 2.22. The average molecular weight is 328 g/mol. The molecule has 0 bridgehead atoms. The van der Waals surface area contributed by atoms with Crippen LogP contribution in [0.4, 0.5) is 0 Å². The van der Waals surface area contributed by atoms with Crippen molar-refractivity contribution in [3.63, 3.8) is 0 Å². The standard InChI is InChI=1S/C17H24N6O/c1-12(2)16(20-15(24)10-13-4-3-6-19-11-13)17-22-21-14-5-7-18-8-9-23(14)17/h3-4,6,11-12,16,18H,5,7-10H2,1-2H3,(H,20,24). The molecule has 3 rings (SSSR count). The summed E-state index contributed by atoms with van der Waals surface area (Å²) in [6.07, 6.45) is 4.61. The third-order valence-electron chi connectivity index (χ3n) is 4.24. The molecule has 0 aromatic carbocycles. The average Bonchev–Trinajstić information content (AvgIpc) is 2.81. The van der Waals surface area contributed by atoms with Crippen molar-refractivity contribution in [3.05, 3.63) is 41.7 Å². The van der Waals surface area contributed by atoms with Gasteiger partial charge in [0.2, 0.25) is 5.91 Å². The zero-order valence-corrected chi connectivity index (χ0v) is 14.2. The van der Waals surface area contributed by atoms with Crippen molar-refractivity contribution < 1.29 is 4.79 Å². The van der Waals surface area contributed by atoms with Gasteiger partial charge in [0, 0.05) is 38.4 Å². The number of fused-ring (bicyclic) bond motifs is 1. The molecule has 0 spiro atoms. The van der Waals surface area contributed by atoms with Crippen LogP contribution in [0.15, 0.2) is 24.5 Å². The highest BCUT2D eigenvalue weighted by molar-refractivity contribution is 5.78. The van der Waals surface area contributed by atoms with Crippen LogP contribution in [-0.4, -0.2) is 38.7 Å². The molecule has 7 heteroatoms. The molecule has 0 saturated heterocycles. The fourth-order valence-corrected chi connectivity index (χ4v) is 2.97. The van der Waals surface area contributed by atoms with Gasteiger partial charge in [0.1, 0.15) is 5.82 Å². The van der Waals surface area contributed by atoms with Gasteiger partial charge in [0.15, 0.2) is 5.82 Å². The number of amides is 1. The summed E-state index contributed by atoms with van der Waals surface area (Å²) in [6, 6.07) is 3.60. The number of hydrogen-bond donors (Lipinski definition) is 2. The Hall–Kier alpha value is -2.28. The Balaban J connectivity index is 1.76. The van der Waals surface area contributed by atoms with Gasteiger partial charge in [-0.25, -0.2) is 0 Å². The van der Waals surface area contributed by atoms with Crippen LogP contribution < -0.4 is 10.6 Å². The van der Waals surface area contributed by atoms with Crippen molar-refractivity contribution in [2.45, 2.75) is 39.3 Å². The summed E-state index contributed by atoms with van der Waals surface area (Å²) in [5.41, 5.74) is 0.904. The van der Waals surface area contributed by atoms with Crippen molar-refractivity contribution in [2.75, 3.05) is 13.1 Å². The fourth-order valence-electron chi connectivity index (χ4n) is 2.97. The van der Waals surface area contributed by atoms with E-state index in [0.29, 0.717) is 6.42 Å². The van der Waals surface area contributed by atoms with Gasteiger partial charge < -0.3 is 15.2 Å². The molecule has 1 amide bonds. The van der Waals surface area contributed by atoms with E-state index in [0.717, 1.165) is 43.3 Å². The molecule has 1 aliphatic rings. The minimum absolute atomic E-state index is 0.0224. The summed E-state index contributed by atoms with van der Waals surface area (Å²) in [6.45, 7) is 6.82. The van der Waals surface area contributed by atoms with Crippen LogP contribution >= 0.6 is 0 Å². The van der Waals surface area contributed by atoms with Crippen LogP contribution in [0, 0.1) is 5.92 Å². The van der Waals surface area contributed by atoms with Gasteiger partial charge in [-0.05, 0) is 17.5 Å². The van der Waals surface area contributed by atoms with E-state index in [1.807, 2.05) is 12.1 Å². The molecule has 0 aliphatic carbocycles. The zero-order chi connectivity index (χ0) is 16.9. The number of pyridine rings is 1. The zero-order valence-electron chi connectivity index (χ0n) is 14.2. The number of nitrogens with one attached hydrogen (secondary N) is 2. The topological polar surface area (TPSA) is 84.7 Å². The van der Waals surface area contributed by atoms with Gasteiger partial charge in [0.25, 0.3) is 0 Å². The number of hydrogen-bond acceptors (Lipinski definition) is 5. The molecule has 0 radical (unpaired) electrons. The molecule has 7 nitrogen and oxygen atoms in total. The first-order valence-corrected chi connectivity index (χ1v) is 8.46. The Morgan fingerprint density at radius 3 is 3.00 bits per heavy atom. The predicted octanol–water partition coefficient (Wildman–Crippen LogP) is 0.875. The molecule has 24 heavy (non-hydrogen) atoms. The first kappa shape index (κ1) is 16.6. The van der Waals surface area contributed by atoms with E-state index in [2.05, 4.69) is 44.2 Å². The Labute approximate surface area is 141 Å². The van der Waals surface area contributed by atoms with Crippen molar-refractivity contribution in [3.8, 4) is 0 Å². The van der Waals surface area contributed by atoms with E-state index in [-0.39, 0.29) is 17.9 Å². The molecule has 2 N–H and O–H groups in total. The maximum absolute atomic E-state index is 12.4. The van der Waals surface area contributed by atoms with Crippen LogP contribution in [-0.2, 0) is 24.2 Å². The summed E-state index contributed by atoms with van der Waals surface area (Å²) >= 11 is 0. The highest BCUT2D eigenvalue weighted by atomic mass is 16.1. The maximum atomic E-state index is 12.4. The normalized spacial score (nSPS) is 15.6. The number of nitrogens with zero attached hydrogens (tertiary/aromatic N) is 4. The minimum Gasteiger partial charge on any atom is -0.346 e. The fraction of sp³-hybridized carbons (Fsp3) is 0.529. The van der Waals surface area contributed by atoms with Gasteiger partial charge in [-0.2, -0.15) is 0 Å². The Morgan fingerprint density at radius 2 is 2.25 bits per heavy atom. The molecule has 1 unspecified atom stereocenters. The summed E-state index contributed by atoms with van der Waals surface area (Å²) in [5, 5.41) is 15.2. The molecule has 0 fully saturated rings. The summed E-state index contributed by atoms with van der Waals surface area (Å²) in [5.74, 6) is 2.04.